The van der Waals surface area contributed by atoms with Gasteiger partial charge in [-0.05, 0) is 12.1 Å². The van der Waals surface area contributed by atoms with E-state index in [0.29, 0.717) is 5.82 Å². The van der Waals surface area contributed by atoms with Gasteiger partial charge in [0, 0.05) is 12.1 Å². The largest absolute Gasteiger partial charge is 1.00 e. The van der Waals surface area contributed by atoms with Crippen molar-refractivity contribution in [1.82, 2.24) is 0 Å². The third kappa shape index (κ3) is 3.08. The molecule has 0 atom stereocenters. The highest BCUT2D eigenvalue weighted by Gasteiger charge is 2.16. The molecule has 0 amide bonds. The number of benzene rings is 1. The van der Waals surface area contributed by atoms with Crippen LogP contribution in [0.25, 0.3) is 0 Å². The maximum Gasteiger partial charge on any atom is 0.340 e. The Kier molecular flexibility index (Phi) is 4.45. The van der Waals surface area contributed by atoms with Gasteiger partial charge in [-0.3, -0.25) is 15.4 Å². The first kappa shape index (κ1) is 13.7. The van der Waals surface area contributed by atoms with E-state index >= 15 is 0 Å². The summed E-state index contributed by atoms with van der Waals surface area (Å²) in [7, 11) is 0. The molecule has 0 spiro atoms. The molecule has 7 heteroatoms. The summed E-state index contributed by atoms with van der Waals surface area (Å²) in [6, 6.07) is 12.4. The van der Waals surface area contributed by atoms with Crippen molar-refractivity contribution in [2.24, 2.45) is 0 Å². The summed E-state index contributed by atoms with van der Waals surface area (Å²) in [6.07, 6.45) is 0. The second-order valence-electron chi connectivity index (χ2n) is 3.42. The zero-order chi connectivity index (χ0) is 12.3. The Morgan fingerprint density at radius 3 is 2.39 bits per heavy atom. The van der Waals surface area contributed by atoms with Crippen LogP contribution in [0.5, 0.6) is 0 Å². The zero-order valence-corrected chi connectivity index (χ0v) is 10.0. The summed E-state index contributed by atoms with van der Waals surface area (Å²) in [5.41, 5.74) is 6.28. The molecule has 0 aliphatic rings. The number of nitrogens with one attached hydrogen (secondary N) is 2. The molecule has 2 aromatic rings. The van der Waals surface area contributed by atoms with E-state index in [0.717, 1.165) is 5.69 Å². The van der Waals surface area contributed by atoms with E-state index in [1.165, 1.54) is 6.07 Å². The van der Waals surface area contributed by atoms with Gasteiger partial charge in [0.2, 0.25) is 5.82 Å². The van der Waals surface area contributed by atoms with Crippen molar-refractivity contribution >= 4 is 23.0 Å². The molecule has 1 aromatic carbocycles. The first-order chi connectivity index (χ1) is 8.16. The highest BCUT2D eigenvalue weighted by molar-refractivity contribution is 5.57. The molecule has 6 nitrogen and oxygen atoms in total. The Balaban J connectivity index is 0.00000162. The van der Waals surface area contributed by atoms with Crippen LogP contribution in [0.3, 0.4) is 0 Å². The van der Waals surface area contributed by atoms with Crippen molar-refractivity contribution in [2.75, 3.05) is 11.1 Å². The lowest BCUT2D eigenvalue weighted by molar-refractivity contribution is -0.404. The SMILES string of the molecule is Nc1[nH+]c(Nc2ccccc2)ccc1[N+](=O)[O-].[Cl-]. The molecule has 0 saturated carbocycles. The highest BCUT2D eigenvalue weighted by Crippen LogP contribution is 2.19. The smallest absolute Gasteiger partial charge is 0.340 e. The Labute approximate surface area is 109 Å². The van der Waals surface area contributed by atoms with Gasteiger partial charge in [0.1, 0.15) is 0 Å². The summed E-state index contributed by atoms with van der Waals surface area (Å²) in [5, 5.41) is 13.6. The quantitative estimate of drug-likeness (QED) is 0.535. The zero-order valence-electron chi connectivity index (χ0n) is 9.26. The number of anilines is 3. The van der Waals surface area contributed by atoms with E-state index in [4.69, 9.17) is 5.73 Å². The van der Waals surface area contributed by atoms with Crippen molar-refractivity contribution in [3.8, 4) is 0 Å². The van der Waals surface area contributed by atoms with Crippen molar-refractivity contribution in [1.29, 1.82) is 0 Å². The summed E-state index contributed by atoms with van der Waals surface area (Å²) >= 11 is 0. The van der Waals surface area contributed by atoms with Crippen LogP contribution in [0, 0.1) is 10.1 Å². The second kappa shape index (κ2) is 5.83. The van der Waals surface area contributed by atoms with Crippen LogP contribution in [0.2, 0.25) is 0 Å². The molecule has 0 aliphatic carbocycles. The van der Waals surface area contributed by atoms with Crippen molar-refractivity contribution in [3.05, 3.63) is 52.6 Å². The van der Waals surface area contributed by atoms with Crippen LogP contribution in [-0.4, -0.2) is 4.92 Å². The van der Waals surface area contributed by atoms with Crippen LogP contribution in [0.15, 0.2) is 42.5 Å². The average molecular weight is 267 g/mol. The number of rotatable bonds is 3. The van der Waals surface area contributed by atoms with Crippen LogP contribution in [0.4, 0.5) is 23.0 Å². The van der Waals surface area contributed by atoms with E-state index in [-0.39, 0.29) is 23.9 Å². The number of nitrogen functional groups attached to an aromatic ring is 1. The molecule has 0 fully saturated rings. The fraction of sp³-hybridized carbons (Fsp3) is 0. The van der Waals surface area contributed by atoms with Crippen LogP contribution < -0.4 is 28.4 Å². The van der Waals surface area contributed by atoms with Crippen LogP contribution in [0.1, 0.15) is 0 Å². The lowest BCUT2D eigenvalue weighted by Crippen LogP contribution is -3.00. The van der Waals surface area contributed by atoms with E-state index < -0.39 is 4.92 Å². The molecular formula is C11H11ClN4O2. The van der Waals surface area contributed by atoms with Gasteiger partial charge in [-0.25, -0.2) is 4.98 Å². The number of nitrogens with zero attached hydrogens (tertiary/aromatic N) is 1. The predicted octanol–water partition coefficient (Wildman–Crippen LogP) is -1.26. The number of halogens is 1. The van der Waals surface area contributed by atoms with Gasteiger partial charge >= 0.3 is 5.69 Å². The van der Waals surface area contributed by atoms with E-state index in [1.54, 1.807) is 6.07 Å². The number of nitro groups is 1. The monoisotopic (exact) mass is 266 g/mol. The van der Waals surface area contributed by atoms with Gasteiger partial charge in [0.05, 0.1) is 10.6 Å². The number of H-pyrrole nitrogens is 1. The van der Waals surface area contributed by atoms with Crippen LogP contribution in [-0.2, 0) is 0 Å². The van der Waals surface area contributed by atoms with Crippen molar-refractivity contribution < 1.29 is 22.3 Å². The van der Waals surface area contributed by atoms with Gasteiger partial charge in [-0.2, -0.15) is 0 Å². The minimum absolute atomic E-state index is 0. The molecular weight excluding hydrogens is 256 g/mol. The first-order valence-electron chi connectivity index (χ1n) is 4.95. The number of pyridine rings is 1. The van der Waals surface area contributed by atoms with Crippen LogP contribution >= 0.6 is 0 Å². The molecule has 0 radical (unpaired) electrons. The fourth-order valence-corrected chi connectivity index (χ4v) is 1.41. The topological polar surface area (TPSA) is 95.3 Å². The minimum atomic E-state index is -0.530. The lowest BCUT2D eigenvalue weighted by atomic mass is 10.3. The van der Waals surface area contributed by atoms with Gasteiger partial charge in [-0.1, -0.05) is 18.2 Å². The maximum atomic E-state index is 10.6. The number of hydrogen-bond donors (Lipinski definition) is 2. The van der Waals surface area contributed by atoms with Gasteiger partial charge in [0.25, 0.3) is 5.82 Å². The highest BCUT2D eigenvalue weighted by atomic mass is 35.5. The molecule has 0 unspecified atom stereocenters. The van der Waals surface area contributed by atoms with E-state index in [1.807, 2.05) is 30.3 Å². The van der Waals surface area contributed by atoms with Crippen molar-refractivity contribution in [3.63, 3.8) is 0 Å². The Hall–Kier alpha value is -2.34. The van der Waals surface area contributed by atoms with Gasteiger partial charge in [0.15, 0.2) is 0 Å². The molecule has 0 aliphatic heterocycles. The molecule has 94 valence electrons. The van der Waals surface area contributed by atoms with E-state index in [9.17, 15) is 10.1 Å². The Bertz CT molecular complexity index is 548. The summed E-state index contributed by atoms with van der Waals surface area (Å²) in [6.45, 7) is 0. The fourth-order valence-electron chi connectivity index (χ4n) is 1.41. The van der Waals surface area contributed by atoms with Crippen molar-refractivity contribution in [2.45, 2.75) is 0 Å². The third-order valence-corrected chi connectivity index (χ3v) is 2.20. The number of nitrogens with two attached hydrogens (primary N) is 1. The lowest BCUT2D eigenvalue weighted by Gasteiger charge is -2.01. The van der Waals surface area contributed by atoms with Gasteiger partial charge in [-0.15, -0.1) is 0 Å². The molecule has 1 heterocycles. The molecule has 4 N–H and O–H groups in total. The molecule has 0 saturated heterocycles. The van der Waals surface area contributed by atoms with E-state index in [2.05, 4.69) is 10.3 Å². The first-order valence-corrected chi connectivity index (χ1v) is 4.95. The summed E-state index contributed by atoms with van der Waals surface area (Å²) in [4.78, 5) is 12.8. The maximum absolute atomic E-state index is 10.6. The predicted molar refractivity (Wildman–Crippen MR) is 63.8 cm³/mol. The normalized spacial score (nSPS) is 9.33. The molecule has 18 heavy (non-hydrogen) atoms. The number of para-hydroxylation sites is 1. The number of aromatic nitrogens is 1. The number of hydrogen-bond acceptors (Lipinski definition) is 4. The third-order valence-electron chi connectivity index (χ3n) is 2.20. The average Bonchev–Trinajstić information content (AvgIpc) is 2.30. The Morgan fingerprint density at radius 1 is 1.17 bits per heavy atom. The number of aromatic amines is 1. The molecule has 1 aromatic heterocycles. The standard InChI is InChI=1S/C11H10N4O2.ClH/c12-11-9(15(16)17)6-7-10(14-11)13-8-4-2-1-3-5-8;/h1-7H,(H3,12,13,14);1H. The molecule has 2 rings (SSSR count). The minimum Gasteiger partial charge on any atom is -1.00 e. The summed E-state index contributed by atoms with van der Waals surface area (Å²) in [5.74, 6) is 0.621. The Morgan fingerprint density at radius 2 is 1.83 bits per heavy atom. The summed E-state index contributed by atoms with van der Waals surface area (Å²) < 4.78 is 0. The second-order valence-corrected chi connectivity index (χ2v) is 3.42. The van der Waals surface area contributed by atoms with Gasteiger partial charge < -0.3 is 18.1 Å². The molecule has 0 bridgehead atoms.